The van der Waals surface area contributed by atoms with Gasteiger partial charge in [0, 0.05) is 31.6 Å². The number of nitrogens with zero attached hydrogens (tertiary/aromatic N) is 3. The number of hydrogen-bond donors (Lipinski definition) is 2. The second kappa shape index (κ2) is 10.5. The van der Waals surface area contributed by atoms with Gasteiger partial charge in [-0.05, 0) is 38.8 Å². The van der Waals surface area contributed by atoms with E-state index in [0.717, 1.165) is 4.90 Å². The average Bonchev–Trinajstić information content (AvgIpc) is 3.15. The first kappa shape index (κ1) is 28.8. The summed E-state index contributed by atoms with van der Waals surface area (Å²) in [7, 11) is 0. The smallest absolute Gasteiger partial charge is 0.449 e. The Morgan fingerprint density at radius 3 is 2.29 bits per heavy atom. The number of nitrogens with one attached hydrogen (secondary N) is 1. The van der Waals surface area contributed by atoms with Crippen molar-refractivity contribution < 1.29 is 50.6 Å². The summed E-state index contributed by atoms with van der Waals surface area (Å²) in [6, 6.07) is -0.307. The lowest BCUT2D eigenvalue weighted by atomic mass is 10.0. The van der Waals surface area contributed by atoms with Crippen LogP contribution in [0.1, 0.15) is 54.8 Å². The Labute approximate surface area is 212 Å². The number of ether oxygens (including phenoxy) is 1. The zero-order chi connectivity index (χ0) is 28.6. The third-order valence-corrected chi connectivity index (χ3v) is 5.51. The fraction of sp³-hybridized carbons (Fsp3) is 0.478. The summed E-state index contributed by atoms with van der Waals surface area (Å²) in [6.45, 7) is 3.51. The number of benzene rings is 1. The van der Waals surface area contributed by atoms with Gasteiger partial charge in [0.15, 0.2) is 17.3 Å². The minimum atomic E-state index is -4.93. The number of imidazole rings is 1. The van der Waals surface area contributed by atoms with Gasteiger partial charge in [-0.15, -0.1) is 0 Å². The Morgan fingerprint density at radius 1 is 1.08 bits per heavy atom. The van der Waals surface area contributed by atoms with Crippen LogP contribution in [0.15, 0.2) is 12.1 Å². The van der Waals surface area contributed by atoms with Crippen LogP contribution in [0.5, 0.6) is 0 Å². The number of carboxylic acid groups (broad SMARTS) is 1. The van der Waals surface area contributed by atoms with Crippen molar-refractivity contribution >= 4 is 18.0 Å². The van der Waals surface area contributed by atoms with Crippen molar-refractivity contribution in [1.29, 1.82) is 0 Å². The second-order valence-corrected chi connectivity index (χ2v) is 9.61. The maximum atomic E-state index is 14.3. The van der Waals surface area contributed by atoms with Gasteiger partial charge >= 0.3 is 18.2 Å². The number of carboxylic acids is 1. The Balaban J connectivity index is 1.84. The first-order valence-corrected chi connectivity index (χ1v) is 11.3. The van der Waals surface area contributed by atoms with Gasteiger partial charge in [-0.3, -0.25) is 4.79 Å². The SMILES string of the molecule is CC(C)(C)OC(=O)NC(CC(=O)N1CCn2c(C(F)(F)F)nc(C(=O)O)c2C1)Cc1cc(F)c(F)cc1F. The first-order valence-electron chi connectivity index (χ1n) is 11.3. The Kier molecular flexibility index (Phi) is 7.98. The molecule has 38 heavy (non-hydrogen) atoms. The van der Waals surface area contributed by atoms with Gasteiger partial charge in [-0.1, -0.05) is 0 Å². The molecule has 0 fully saturated rings. The molecule has 0 saturated carbocycles. The number of aromatic carboxylic acids is 1. The fourth-order valence-electron chi connectivity index (χ4n) is 3.94. The molecular weight excluding hydrogens is 526 g/mol. The number of alkyl carbamates (subject to hydrolysis) is 1. The molecule has 3 rings (SSSR count). The molecule has 15 heteroatoms. The van der Waals surface area contributed by atoms with Crippen LogP contribution < -0.4 is 5.32 Å². The van der Waals surface area contributed by atoms with E-state index in [2.05, 4.69) is 10.3 Å². The van der Waals surface area contributed by atoms with Gasteiger partial charge in [0.05, 0.1) is 12.2 Å². The molecule has 1 unspecified atom stereocenters. The molecule has 1 aromatic heterocycles. The van der Waals surface area contributed by atoms with E-state index < -0.39 is 90.7 Å². The molecule has 2 aromatic rings. The summed E-state index contributed by atoms with van der Waals surface area (Å²) >= 11 is 0. The summed E-state index contributed by atoms with van der Waals surface area (Å²) in [4.78, 5) is 41.2. The Morgan fingerprint density at radius 2 is 1.71 bits per heavy atom. The number of fused-ring (bicyclic) bond motifs is 1. The molecule has 1 aliphatic rings. The molecule has 1 atom stereocenters. The minimum absolute atomic E-state index is 0.247. The standard InChI is InChI=1S/C23H24F6N4O5/c1-22(2,3)38-21(37)30-12(6-11-7-14(25)15(26)9-13(11)24)8-17(34)32-4-5-33-16(10-32)18(19(35)36)31-20(33)23(27,28)29/h7,9,12H,4-6,8,10H2,1-3H3,(H,30,37)(H,35,36). The van der Waals surface area contributed by atoms with Gasteiger partial charge in [-0.2, -0.15) is 13.2 Å². The lowest BCUT2D eigenvalue weighted by Gasteiger charge is -2.31. The maximum Gasteiger partial charge on any atom is 0.449 e. The summed E-state index contributed by atoms with van der Waals surface area (Å²) in [5, 5.41) is 11.7. The van der Waals surface area contributed by atoms with Crippen molar-refractivity contribution in [3.05, 3.63) is 52.4 Å². The number of aromatic nitrogens is 2. The highest BCUT2D eigenvalue weighted by atomic mass is 19.4. The number of rotatable bonds is 6. The van der Waals surface area contributed by atoms with E-state index in [1.807, 2.05) is 0 Å². The minimum Gasteiger partial charge on any atom is -0.476 e. The van der Waals surface area contributed by atoms with Crippen LogP contribution in [0.2, 0.25) is 0 Å². The topological polar surface area (TPSA) is 114 Å². The molecule has 2 heterocycles. The molecule has 0 saturated heterocycles. The third kappa shape index (κ3) is 6.75. The van der Waals surface area contributed by atoms with E-state index in [4.69, 9.17) is 4.74 Å². The number of hydrogen-bond acceptors (Lipinski definition) is 5. The largest absolute Gasteiger partial charge is 0.476 e. The lowest BCUT2D eigenvalue weighted by Crippen LogP contribution is -2.45. The fourth-order valence-corrected chi connectivity index (χ4v) is 3.94. The molecule has 0 spiro atoms. The maximum absolute atomic E-state index is 14.3. The number of carbonyl (C=O) groups is 3. The van der Waals surface area contributed by atoms with Gasteiger partial charge in [-0.25, -0.2) is 27.7 Å². The highest BCUT2D eigenvalue weighted by molar-refractivity contribution is 5.87. The van der Waals surface area contributed by atoms with Gasteiger partial charge in [0.25, 0.3) is 0 Å². The summed E-state index contributed by atoms with van der Waals surface area (Å²) in [6.07, 6.45) is -6.91. The third-order valence-electron chi connectivity index (χ3n) is 5.51. The van der Waals surface area contributed by atoms with Crippen LogP contribution in [-0.2, 0) is 35.2 Å². The zero-order valence-corrected chi connectivity index (χ0v) is 20.5. The van der Waals surface area contributed by atoms with E-state index in [1.165, 1.54) is 0 Å². The number of halogens is 6. The summed E-state index contributed by atoms with van der Waals surface area (Å²) in [5.74, 6) is -7.76. The first-order chi connectivity index (χ1) is 17.5. The monoisotopic (exact) mass is 550 g/mol. The van der Waals surface area contributed by atoms with Crippen LogP contribution in [-0.4, -0.2) is 55.7 Å². The van der Waals surface area contributed by atoms with Crippen LogP contribution >= 0.6 is 0 Å². The average molecular weight is 550 g/mol. The van der Waals surface area contributed by atoms with E-state index in [9.17, 15) is 45.8 Å². The predicted molar refractivity (Wildman–Crippen MR) is 117 cm³/mol. The van der Waals surface area contributed by atoms with Crippen molar-refractivity contribution in [3.63, 3.8) is 0 Å². The second-order valence-electron chi connectivity index (χ2n) is 9.61. The highest BCUT2D eigenvalue weighted by Crippen LogP contribution is 2.32. The lowest BCUT2D eigenvalue weighted by molar-refractivity contribution is -0.148. The van der Waals surface area contributed by atoms with Crippen molar-refractivity contribution in [2.24, 2.45) is 0 Å². The van der Waals surface area contributed by atoms with Gasteiger partial charge < -0.3 is 24.6 Å². The number of carbonyl (C=O) groups excluding carboxylic acids is 2. The Hall–Kier alpha value is -3.78. The van der Waals surface area contributed by atoms with E-state index in [0.29, 0.717) is 16.7 Å². The molecule has 0 radical (unpaired) electrons. The molecule has 1 aromatic carbocycles. The molecule has 9 nitrogen and oxygen atoms in total. The molecule has 0 aliphatic carbocycles. The Bertz CT molecular complexity index is 1250. The number of amides is 2. The van der Waals surface area contributed by atoms with Crippen LogP contribution in [0, 0.1) is 17.5 Å². The van der Waals surface area contributed by atoms with Crippen LogP contribution in [0.4, 0.5) is 31.1 Å². The summed E-state index contributed by atoms with van der Waals surface area (Å²) in [5.41, 5.74) is -2.49. The molecular formula is C23H24F6N4O5. The van der Waals surface area contributed by atoms with Crippen LogP contribution in [0.3, 0.4) is 0 Å². The predicted octanol–water partition coefficient (Wildman–Crippen LogP) is 3.89. The molecule has 208 valence electrons. The molecule has 2 N–H and O–H groups in total. The van der Waals surface area contributed by atoms with E-state index in [1.54, 1.807) is 20.8 Å². The van der Waals surface area contributed by atoms with Crippen molar-refractivity contribution in [3.8, 4) is 0 Å². The normalized spacial score (nSPS) is 14.6. The van der Waals surface area contributed by atoms with Crippen LogP contribution in [0.25, 0.3) is 0 Å². The molecule has 0 bridgehead atoms. The molecule has 1 aliphatic heterocycles. The van der Waals surface area contributed by atoms with Crippen molar-refractivity contribution in [1.82, 2.24) is 19.8 Å². The van der Waals surface area contributed by atoms with E-state index in [-0.39, 0.29) is 17.8 Å². The number of alkyl halides is 3. The van der Waals surface area contributed by atoms with Gasteiger partial charge in [0.2, 0.25) is 11.7 Å². The van der Waals surface area contributed by atoms with Crippen molar-refractivity contribution in [2.75, 3.05) is 6.54 Å². The molecule has 2 amide bonds. The summed E-state index contributed by atoms with van der Waals surface area (Å²) < 4.78 is 87.1. The quantitative estimate of drug-likeness (QED) is 0.417. The van der Waals surface area contributed by atoms with Gasteiger partial charge in [0.1, 0.15) is 11.4 Å². The zero-order valence-electron chi connectivity index (χ0n) is 20.5. The highest BCUT2D eigenvalue weighted by Gasteiger charge is 2.42. The van der Waals surface area contributed by atoms with E-state index >= 15 is 0 Å². The van der Waals surface area contributed by atoms with Crippen molar-refractivity contribution in [2.45, 2.75) is 64.5 Å².